The lowest BCUT2D eigenvalue weighted by molar-refractivity contribution is -0.150. The Balaban J connectivity index is 1.37. The second kappa shape index (κ2) is 14.5. The van der Waals surface area contributed by atoms with Crippen LogP contribution in [0.4, 0.5) is 5.69 Å². The third-order valence-corrected chi connectivity index (χ3v) is 8.49. The summed E-state index contributed by atoms with van der Waals surface area (Å²) >= 11 is 7.52. The summed E-state index contributed by atoms with van der Waals surface area (Å²) in [5, 5.41) is 5.04. The molecule has 1 saturated heterocycles. The van der Waals surface area contributed by atoms with Crippen molar-refractivity contribution in [3.63, 3.8) is 0 Å². The van der Waals surface area contributed by atoms with E-state index in [2.05, 4.69) is 5.32 Å². The lowest BCUT2D eigenvalue weighted by atomic mass is 10.1. The van der Waals surface area contributed by atoms with Crippen molar-refractivity contribution in [3.8, 4) is 5.75 Å². The normalized spacial score (nSPS) is 18.6. The average molecular weight is 620 g/mol. The maximum absolute atomic E-state index is 14.3. The van der Waals surface area contributed by atoms with E-state index in [-0.39, 0.29) is 31.0 Å². The number of nitrogens with one attached hydrogen (secondary N) is 1. The molecule has 43 heavy (non-hydrogen) atoms. The highest BCUT2D eigenvalue weighted by molar-refractivity contribution is 7.10. The average Bonchev–Trinajstić information content (AvgIpc) is 3.58. The molecule has 0 bridgehead atoms. The molecule has 1 N–H and O–H groups in total. The molecular formula is C33H34ClN3O5S. The van der Waals surface area contributed by atoms with Gasteiger partial charge in [0.15, 0.2) is 0 Å². The van der Waals surface area contributed by atoms with Crippen molar-refractivity contribution >= 4 is 46.4 Å². The summed E-state index contributed by atoms with van der Waals surface area (Å²) in [6, 6.07) is 17.0. The number of anilines is 1. The Morgan fingerprint density at radius 3 is 2.65 bits per heavy atom. The van der Waals surface area contributed by atoms with Crippen LogP contribution in [0.25, 0.3) is 0 Å². The Kier molecular flexibility index (Phi) is 10.3. The highest BCUT2D eigenvalue weighted by Gasteiger charge is 2.39. The van der Waals surface area contributed by atoms with Gasteiger partial charge in [0, 0.05) is 36.6 Å². The topological polar surface area (TPSA) is 88.2 Å². The maximum Gasteiger partial charge on any atom is 0.325 e. The summed E-state index contributed by atoms with van der Waals surface area (Å²) in [6.07, 6.45) is 8.69. The van der Waals surface area contributed by atoms with E-state index in [0.717, 1.165) is 17.5 Å². The molecule has 1 aliphatic heterocycles. The zero-order valence-corrected chi connectivity index (χ0v) is 25.4. The fourth-order valence-corrected chi connectivity index (χ4v) is 6.13. The number of thiophene rings is 1. The number of piperazine rings is 1. The van der Waals surface area contributed by atoms with Gasteiger partial charge in [-0.05, 0) is 53.8 Å². The van der Waals surface area contributed by atoms with Crippen molar-refractivity contribution in [1.82, 2.24) is 10.2 Å². The minimum absolute atomic E-state index is 0.0729. The lowest BCUT2D eigenvalue weighted by Crippen LogP contribution is -2.58. The fourth-order valence-electron chi connectivity index (χ4n) is 5.19. The number of carbonyl (C=O) groups excluding carboxylic acids is 3. The van der Waals surface area contributed by atoms with Crippen LogP contribution in [-0.4, -0.2) is 60.3 Å². The van der Waals surface area contributed by atoms with Crippen LogP contribution < -0.4 is 15.0 Å². The molecule has 224 valence electrons. The van der Waals surface area contributed by atoms with E-state index in [0.29, 0.717) is 29.4 Å². The SMILES string of the molecule is Cc1cc(OC2C=CC=CC2)ccc1N(C(=O)CCl)[C@@H](C(=O)N1CCN[C@@H](C(=O)OCc2ccccc2)C1)c1cccs1. The van der Waals surface area contributed by atoms with Gasteiger partial charge in [-0.1, -0.05) is 54.6 Å². The summed E-state index contributed by atoms with van der Waals surface area (Å²) in [4.78, 5) is 44.5. The van der Waals surface area contributed by atoms with Crippen LogP contribution in [0.1, 0.15) is 28.5 Å². The molecule has 1 unspecified atom stereocenters. The smallest absolute Gasteiger partial charge is 0.325 e. The van der Waals surface area contributed by atoms with Gasteiger partial charge >= 0.3 is 5.97 Å². The van der Waals surface area contributed by atoms with Gasteiger partial charge in [-0.2, -0.15) is 0 Å². The number of hydrogen-bond acceptors (Lipinski definition) is 7. The molecule has 3 aromatic rings. The van der Waals surface area contributed by atoms with Gasteiger partial charge in [0.05, 0.1) is 0 Å². The number of esters is 1. The number of aryl methyl sites for hydroxylation is 1. The molecule has 1 fully saturated rings. The number of allylic oxidation sites excluding steroid dienone is 2. The first-order valence-corrected chi connectivity index (χ1v) is 15.6. The molecule has 10 heteroatoms. The number of hydrogen-bond donors (Lipinski definition) is 1. The third-order valence-electron chi connectivity index (χ3n) is 7.34. The van der Waals surface area contributed by atoms with Crippen molar-refractivity contribution in [1.29, 1.82) is 0 Å². The van der Waals surface area contributed by atoms with E-state index in [1.165, 1.54) is 16.2 Å². The van der Waals surface area contributed by atoms with Gasteiger partial charge < -0.3 is 19.7 Å². The summed E-state index contributed by atoms with van der Waals surface area (Å²) in [6.45, 7) is 2.93. The molecule has 8 nitrogen and oxygen atoms in total. The summed E-state index contributed by atoms with van der Waals surface area (Å²) < 4.78 is 11.7. The van der Waals surface area contributed by atoms with Crippen LogP contribution in [-0.2, 0) is 25.7 Å². The Bertz CT molecular complexity index is 1480. The monoisotopic (exact) mass is 619 g/mol. The highest BCUT2D eigenvalue weighted by atomic mass is 35.5. The molecule has 2 aliphatic rings. The molecule has 1 aliphatic carbocycles. The molecule has 1 aromatic heterocycles. The number of benzene rings is 2. The van der Waals surface area contributed by atoms with Gasteiger partial charge in [-0.3, -0.25) is 19.3 Å². The Morgan fingerprint density at radius 1 is 1.12 bits per heavy atom. The molecule has 0 spiro atoms. The van der Waals surface area contributed by atoms with Gasteiger partial charge in [-0.25, -0.2) is 0 Å². The van der Waals surface area contributed by atoms with Crippen LogP contribution in [0.15, 0.2) is 90.3 Å². The highest BCUT2D eigenvalue weighted by Crippen LogP contribution is 2.36. The first kappa shape index (κ1) is 30.5. The molecule has 3 atom stereocenters. The number of halogens is 1. The zero-order chi connectivity index (χ0) is 30.2. The van der Waals surface area contributed by atoms with Crippen LogP contribution in [0.5, 0.6) is 5.75 Å². The number of nitrogens with zero attached hydrogens (tertiary/aromatic N) is 2. The Hall–Kier alpha value is -3.92. The van der Waals surface area contributed by atoms with Gasteiger partial charge in [0.1, 0.15) is 36.4 Å². The molecule has 2 aromatic carbocycles. The second-order valence-electron chi connectivity index (χ2n) is 10.4. The first-order chi connectivity index (χ1) is 20.9. The van der Waals surface area contributed by atoms with Crippen molar-refractivity contribution in [2.24, 2.45) is 0 Å². The Morgan fingerprint density at radius 2 is 1.95 bits per heavy atom. The van der Waals surface area contributed by atoms with Crippen LogP contribution >= 0.6 is 22.9 Å². The third kappa shape index (κ3) is 7.54. The predicted octanol–water partition coefficient (Wildman–Crippen LogP) is 5.18. The van der Waals surface area contributed by atoms with Gasteiger partial charge in [-0.15, -0.1) is 22.9 Å². The van der Waals surface area contributed by atoms with Crippen molar-refractivity contribution < 1.29 is 23.9 Å². The molecule has 0 saturated carbocycles. The van der Waals surface area contributed by atoms with Crippen molar-refractivity contribution in [2.45, 2.75) is 38.1 Å². The molecule has 0 radical (unpaired) electrons. The zero-order valence-electron chi connectivity index (χ0n) is 23.9. The van der Waals surface area contributed by atoms with E-state index >= 15 is 0 Å². The standard InChI is InChI=1S/C33H34ClN3O5S/c1-23-19-26(42-25-11-6-3-7-12-25)14-15-28(23)37(30(38)20-34)31(29-13-8-18-43-29)32(39)36-17-16-35-27(21-36)33(40)41-22-24-9-4-2-5-10-24/h2-11,13-15,18-19,25,27,31,35H,12,16-17,20-22H2,1H3/t25?,27-,31-/m1/s1. The molecule has 5 rings (SSSR count). The van der Waals surface area contributed by atoms with Crippen molar-refractivity contribution in [3.05, 3.63) is 106 Å². The molecular weight excluding hydrogens is 586 g/mol. The maximum atomic E-state index is 14.3. The number of carbonyl (C=O) groups is 3. The second-order valence-corrected chi connectivity index (χ2v) is 11.6. The number of alkyl halides is 1. The minimum atomic E-state index is -0.956. The van der Waals surface area contributed by atoms with E-state index in [9.17, 15) is 14.4 Å². The van der Waals surface area contributed by atoms with Gasteiger partial charge in [0.2, 0.25) is 5.91 Å². The Labute approximate surface area is 260 Å². The molecule has 2 heterocycles. The largest absolute Gasteiger partial charge is 0.486 e. The summed E-state index contributed by atoms with van der Waals surface area (Å²) in [5.74, 6) is -0.760. The number of amides is 2. The quantitative estimate of drug-likeness (QED) is 0.249. The predicted molar refractivity (Wildman–Crippen MR) is 168 cm³/mol. The van der Waals surface area contributed by atoms with E-state index < -0.39 is 24.0 Å². The van der Waals surface area contributed by atoms with Crippen LogP contribution in [0.3, 0.4) is 0 Å². The summed E-state index contributed by atoms with van der Waals surface area (Å²) in [7, 11) is 0. The summed E-state index contributed by atoms with van der Waals surface area (Å²) in [5.41, 5.74) is 2.22. The van der Waals surface area contributed by atoms with E-state index in [1.54, 1.807) is 11.0 Å². The van der Waals surface area contributed by atoms with Gasteiger partial charge in [0.25, 0.3) is 5.91 Å². The van der Waals surface area contributed by atoms with Crippen LogP contribution in [0.2, 0.25) is 0 Å². The van der Waals surface area contributed by atoms with Crippen LogP contribution in [0, 0.1) is 6.92 Å². The van der Waals surface area contributed by atoms with E-state index in [4.69, 9.17) is 21.1 Å². The van der Waals surface area contributed by atoms with E-state index in [1.807, 2.05) is 91.2 Å². The fraction of sp³-hybridized carbons (Fsp3) is 0.303. The number of rotatable bonds is 10. The molecule has 2 amide bonds. The minimum Gasteiger partial charge on any atom is -0.486 e. The number of ether oxygens (including phenoxy) is 2. The first-order valence-electron chi connectivity index (χ1n) is 14.2. The van der Waals surface area contributed by atoms with Crippen molar-refractivity contribution in [2.75, 3.05) is 30.4 Å². The lowest BCUT2D eigenvalue weighted by Gasteiger charge is -2.38.